The number of anilines is 4. The minimum atomic E-state index is 0.130. The maximum atomic E-state index is 6.64. The summed E-state index contributed by atoms with van der Waals surface area (Å²) in [6.45, 7) is 15.0. The highest BCUT2D eigenvalue weighted by Gasteiger charge is 2.39. The van der Waals surface area contributed by atoms with Crippen LogP contribution in [0.3, 0.4) is 0 Å². The molecule has 3 aliphatic carbocycles. The molecular weight excluding hydrogens is 1710 g/mol. The Balaban J connectivity index is 0.000000127. The van der Waals surface area contributed by atoms with Crippen LogP contribution in [0, 0.1) is 5.92 Å². The number of piperazine rings is 4. The first kappa shape index (κ1) is 85.8. The van der Waals surface area contributed by atoms with Gasteiger partial charge in [-0.2, -0.15) is 0 Å². The number of hydrogen-bond donors (Lipinski definition) is 0. The van der Waals surface area contributed by atoms with E-state index in [-0.39, 0.29) is 24.2 Å². The zero-order valence-corrected chi connectivity index (χ0v) is 74.2. The van der Waals surface area contributed by atoms with Crippen molar-refractivity contribution in [2.75, 3.05) is 98.1 Å². The van der Waals surface area contributed by atoms with Crippen molar-refractivity contribution in [1.82, 2.24) is 19.6 Å². The van der Waals surface area contributed by atoms with E-state index in [1.807, 2.05) is 133 Å². The summed E-state index contributed by atoms with van der Waals surface area (Å²) in [5.74, 6) is 0.779. The molecule has 4 aliphatic heterocycles. The lowest BCUT2D eigenvalue weighted by Gasteiger charge is -2.48. The third-order valence-corrected chi connectivity index (χ3v) is 28.3. The first-order valence-electron chi connectivity index (χ1n) is 39.6. The Labute approximate surface area is 743 Å². The predicted octanol–water partition coefficient (Wildman–Crippen LogP) is 28.7. The predicted molar refractivity (Wildman–Crippen MR) is 491 cm³/mol. The van der Waals surface area contributed by atoms with Crippen LogP contribution in [-0.4, -0.2) is 116 Å². The van der Waals surface area contributed by atoms with Crippen LogP contribution >= 0.6 is 163 Å². The molecule has 10 aromatic carbocycles. The average molecular weight is 1800 g/mol. The van der Waals surface area contributed by atoms with Crippen LogP contribution in [0.1, 0.15) is 123 Å². The smallest absolute Gasteiger partial charge is 0.0670 e. The van der Waals surface area contributed by atoms with Gasteiger partial charge in [0.1, 0.15) is 0 Å². The largest absolute Gasteiger partial charge is 0.361 e. The van der Waals surface area contributed by atoms with Gasteiger partial charge in [0.25, 0.3) is 0 Å². The monoisotopic (exact) mass is 1800 g/mol. The van der Waals surface area contributed by atoms with E-state index >= 15 is 0 Å². The Morgan fingerprint density at radius 2 is 0.614 bits per heavy atom. The van der Waals surface area contributed by atoms with Gasteiger partial charge in [-0.1, -0.05) is 262 Å². The first-order valence-corrected chi connectivity index (χ1v) is 45.3. The topological polar surface area (TPSA) is 25.9 Å². The molecule has 6 unspecified atom stereocenters. The zero-order valence-electron chi connectivity index (χ0n) is 63.6. The summed E-state index contributed by atoms with van der Waals surface area (Å²) < 4.78 is 0. The molecule has 6 atom stereocenters. The number of benzene rings is 10. The van der Waals surface area contributed by atoms with Gasteiger partial charge in [-0.15, -0.1) is 0 Å². The van der Waals surface area contributed by atoms with Crippen LogP contribution in [0.2, 0.25) is 65.3 Å². The maximum Gasteiger partial charge on any atom is 0.0670 e. The van der Waals surface area contributed by atoms with Gasteiger partial charge in [-0.3, -0.25) is 19.6 Å². The molecule has 4 saturated heterocycles. The summed E-state index contributed by atoms with van der Waals surface area (Å²) in [4.78, 5) is 22.6. The fourth-order valence-electron chi connectivity index (χ4n) is 17.5. The summed E-state index contributed by atoms with van der Waals surface area (Å²) >= 11 is 83.2. The van der Waals surface area contributed by atoms with E-state index < -0.39 is 0 Å². The Kier molecular flexibility index (Phi) is 30.6. The first-order chi connectivity index (χ1) is 55.2. The zero-order chi connectivity index (χ0) is 79.5. The molecule has 3 saturated carbocycles. The molecule has 7 fully saturated rings. The maximum absolute atomic E-state index is 6.64. The molecule has 598 valence electrons. The van der Waals surface area contributed by atoms with E-state index in [0.29, 0.717) is 46.2 Å². The second kappa shape index (κ2) is 40.6. The molecule has 4 heterocycles. The fraction of sp³-hybridized carbons (Fsp3) is 0.348. The number of halogens is 13. The van der Waals surface area contributed by atoms with Crippen molar-refractivity contribution >= 4 is 185 Å². The molecule has 0 bridgehead atoms. The lowest BCUT2D eigenvalue weighted by molar-refractivity contribution is 0.103. The summed E-state index contributed by atoms with van der Waals surface area (Å²) in [5.41, 5.74) is 10.5. The van der Waals surface area contributed by atoms with Crippen molar-refractivity contribution in [3.63, 3.8) is 0 Å². The van der Waals surface area contributed by atoms with Crippen molar-refractivity contribution in [1.29, 1.82) is 0 Å². The van der Waals surface area contributed by atoms with Crippen LogP contribution < -0.4 is 19.6 Å². The van der Waals surface area contributed by atoms with Crippen molar-refractivity contribution in [2.24, 2.45) is 5.92 Å². The van der Waals surface area contributed by atoms with Gasteiger partial charge in [-0.25, -0.2) is 0 Å². The summed E-state index contributed by atoms with van der Waals surface area (Å²) in [5, 5.41) is 9.25. The lowest BCUT2D eigenvalue weighted by atomic mass is 9.89. The number of hydrogen-bond acceptors (Lipinski definition) is 9. The Bertz CT molecular complexity index is 4810. The average Bonchev–Trinajstić information content (AvgIpc) is 1.07. The van der Waals surface area contributed by atoms with Crippen LogP contribution in [-0.2, 0) is 6.54 Å². The highest BCUT2D eigenvalue weighted by molar-refractivity contribution is 7.99. The van der Waals surface area contributed by atoms with E-state index in [4.69, 9.17) is 151 Å². The number of rotatable bonds is 15. The van der Waals surface area contributed by atoms with Gasteiger partial charge in [0, 0.05) is 158 Å². The second-order valence-electron chi connectivity index (χ2n) is 30.8. The minimum Gasteiger partial charge on any atom is -0.361 e. The SMILES string of the molecule is CC1CCCC1N1CCN(c2ccc(Cl)cc2Cl)C(c2ccc(Cl)cc2)C1.Clc1ccc(C2CN(C3CCC3)CCN2c2ccc(Cl)cc2Cl)cc1.Clc1ccc(C2CN(C3CCCC3)CCN2c2ccc(Cl)cc2Cl)cc1.Clc1ccc(Sc2ccccc2CN2CCN(c3ccc(Cl)cc3Cl)C(c3ccc(Cl)cc3)C2)cc1. The molecule has 0 spiro atoms. The van der Waals surface area contributed by atoms with Crippen LogP contribution in [0.25, 0.3) is 0 Å². The Hall–Kier alpha value is -4.64. The van der Waals surface area contributed by atoms with Gasteiger partial charge in [0.05, 0.1) is 67.0 Å². The quantitative estimate of drug-likeness (QED) is 0.0994. The van der Waals surface area contributed by atoms with E-state index in [1.165, 1.54) is 102 Å². The highest BCUT2D eigenvalue weighted by atomic mass is 35.5. The van der Waals surface area contributed by atoms with Crippen molar-refractivity contribution in [2.45, 2.75) is 130 Å². The fourth-order valence-corrected chi connectivity index (χ4v) is 21.2. The molecule has 17 rings (SSSR count). The van der Waals surface area contributed by atoms with Crippen LogP contribution in [0.4, 0.5) is 22.7 Å². The standard InChI is InChI=1S/C29H24Cl4N2S.C22H25Cl3N2.C21H23Cl3N2.C20H21Cl3N2/c30-22-7-5-20(6-8-22)28-19-34(15-16-35(28)27-14-11-24(32)17-26(27)33)18-21-3-1-2-4-29(21)36-25-12-9-23(31)10-13-25;1-15-3-2-4-20(15)26-11-12-27(21-10-9-18(24)13-19(21)25)22(14-26)16-5-7-17(23)8-6-16;22-16-7-5-15(6-8-16)21-14-25(18-3-1-2-4-18)11-12-26(21)20-10-9-17(23)13-19(20)24;21-15-6-4-14(5-7-15)20-13-24(17-2-1-3-17)10-11-25(20)19-9-8-16(22)12-18(19)23/h1-14,17,28H,15-16,18-19H2;5-10,13,15,20,22H,2-4,11-12,14H2,1H3;5-10,13,18,21H,1-4,11-12,14H2;4-9,12,17,20H,1-3,10-11,13H2. The Morgan fingerprint density at radius 1 is 0.298 bits per heavy atom. The van der Waals surface area contributed by atoms with Crippen LogP contribution in [0.5, 0.6) is 0 Å². The lowest BCUT2D eigenvalue weighted by Crippen LogP contribution is -2.53. The molecule has 114 heavy (non-hydrogen) atoms. The normalized spacial score (nSPS) is 21.3. The summed E-state index contributed by atoms with van der Waals surface area (Å²) in [7, 11) is 0. The van der Waals surface area contributed by atoms with E-state index in [0.717, 1.165) is 151 Å². The third kappa shape index (κ3) is 21.9. The molecule has 8 nitrogen and oxygen atoms in total. The Morgan fingerprint density at radius 3 is 0.965 bits per heavy atom. The third-order valence-electron chi connectivity index (χ3n) is 23.7. The summed E-state index contributed by atoms with van der Waals surface area (Å²) in [6, 6.07) is 75.6. The van der Waals surface area contributed by atoms with E-state index in [9.17, 15) is 0 Å². The van der Waals surface area contributed by atoms with E-state index in [2.05, 4.69) is 131 Å². The molecule has 0 N–H and O–H groups in total. The minimum absolute atomic E-state index is 0.130. The molecule has 0 radical (unpaired) electrons. The van der Waals surface area contributed by atoms with Crippen molar-refractivity contribution in [3.05, 3.63) is 312 Å². The highest BCUT2D eigenvalue weighted by Crippen LogP contribution is 2.45. The van der Waals surface area contributed by atoms with Gasteiger partial charge in [-0.05, 0) is 224 Å². The van der Waals surface area contributed by atoms with Gasteiger partial charge in [0.2, 0.25) is 0 Å². The molecule has 0 amide bonds. The van der Waals surface area contributed by atoms with Crippen molar-refractivity contribution < 1.29 is 0 Å². The molecule has 22 heteroatoms. The van der Waals surface area contributed by atoms with Crippen molar-refractivity contribution in [3.8, 4) is 0 Å². The molecular formula is C92H93Cl13N8S. The van der Waals surface area contributed by atoms with Gasteiger partial charge < -0.3 is 19.6 Å². The van der Waals surface area contributed by atoms with Gasteiger partial charge in [0.15, 0.2) is 0 Å². The van der Waals surface area contributed by atoms with E-state index in [1.54, 1.807) is 11.8 Å². The number of nitrogens with zero attached hydrogens (tertiary/aromatic N) is 8. The van der Waals surface area contributed by atoms with Crippen LogP contribution in [0.15, 0.2) is 228 Å². The molecule has 7 aliphatic rings. The second-order valence-corrected chi connectivity index (χ2v) is 37.5. The van der Waals surface area contributed by atoms with Gasteiger partial charge >= 0.3 is 0 Å². The molecule has 0 aromatic heterocycles. The molecule has 10 aromatic rings. The summed E-state index contributed by atoms with van der Waals surface area (Å²) in [6.07, 6.45) is 13.4.